The number of carbonyl (C=O) groups excluding carboxylic acids is 1. The molecule has 0 N–H and O–H groups in total. The number of halogens is 1. The Morgan fingerprint density at radius 2 is 2.03 bits per heavy atom. The predicted molar refractivity (Wildman–Crippen MR) is 128 cm³/mol. The maximum atomic E-state index is 12.6. The van der Waals surface area contributed by atoms with Crippen LogP contribution in [0.4, 0.5) is 5.82 Å². The number of Topliss-reactive ketones (excluding diaryl/α,β-unsaturated/α-hetero) is 1. The van der Waals surface area contributed by atoms with Gasteiger partial charge in [0.25, 0.3) is 0 Å². The molecule has 32 heavy (non-hydrogen) atoms. The van der Waals surface area contributed by atoms with Gasteiger partial charge in [0, 0.05) is 44.5 Å². The molecule has 1 atom stereocenters. The lowest BCUT2D eigenvalue weighted by Gasteiger charge is -2.32. The monoisotopic (exact) mass is 456 g/mol. The first-order valence-corrected chi connectivity index (χ1v) is 12.2. The number of aryl methyl sites for hydroxylation is 1. The molecule has 2 saturated heterocycles. The average molecular weight is 457 g/mol. The van der Waals surface area contributed by atoms with Gasteiger partial charge < -0.3 is 14.4 Å². The second-order valence-electron chi connectivity index (χ2n) is 9.09. The Bertz CT molecular complexity index is 888. The summed E-state index contributed by atoms with van der Waals surface area (Å²) in [5, 5.41) is 0.680. The van der Waals surface area contributed by atoms with E-state index in [1.165, 1.54) is 19.3 Å². The highest BCUT2D eigenvalue weighted by atomic mass is 35.5. The Morgan fingerprint density at radius 3 is 2.72 bits per heavy atom. The van der Waals surface area contributed by atoms with Gasteiger partial charge in [-0.25, -0.2) is 4.98 Å². The van der Waals surface area contributed by atoms with E-state index >= 15 is 0 Å². The summed E-state index contributed by atoms with van der Waals surface area (Å²) in [6.07, 6.45) is 7.89. The topological polar surface area (TPSA) is 51.7 Å². The zero-order valence-corrected chi connectivity index (χ0v) is 19.7. The van der Waals surface area contributed by atoms with Crippen LogP contribution in [0.5, 0.6) is 5.75 Å². The summed E-state index contributed by atoms with van der Waals surface area (Å²) in [6, 6.07) is 9.75. The van der Waals surface area contributed by atoms with Gasteiger partial charge in [0.2, 0.25) is 0 Å². The molecule has 2 aliphatic heterocycles. The van der Waals surface area contributed by atoms with Crippen molar-refractivity contribution in [1.29, 1.82) is 0 Å². The van der Waals surface area contributed by atoms with Crippen LogP contribution >= 0.6 is 11.6 Å². The van der Waals surface area contributed by atoms with E-state index in [0.717, 1.165) is 61.2 Å². The lowest BCUT2D eigenvalue weighted by Crippen LogP contribution is -2.34. The summed E-state index contributed by atoms with van der Waals surface area (Å²) in [4.78, 5) is 19.4. The number of hydrogen-bond acceptors (Lipinski definition) is 5. The van der Waals surface area contributed by atoms with Crippen molar-refractivity contribution in [2.45, 2.75) is 45.4 Å². The van der Waals surface area contributed by atoms with Crippen molar-refractivity contribution in [1.82, 2.24) is 4.98 Å². The predicted octanol–water partition coefficient (Wildman–Crippen LogP) is 5.73. The number of hydrogen-bond donors (Lipinski definition) is 0. The fourth-order valence-electron chi connectivity index (χ4n) is 4.72. The molecular formula is C26H33ClN2O3. The summed E-state index contributed by atoms with van der Waals surface area (Å²) in [5.41, 5.74) is 1.81. The van der Waals surface area contributed by atoms with Gasteiger partial charge in [-0.2, -0.15) is 0 Å². The van der Waals surface area contributed by atoms with Crippen LogP contribution in [0.2, 0.25) is 5.02 Å². The molecule has 1 aromatic heterocycles. The van der Waals surface area contributed by atoms with Gasteiger partial charge in [-0.1, -0.05) is 11.6 Å². The Balaban J connectivity index is 1.16. The smallest absolute Gasteiger partial charge is 0.163 e. The summed E-state index contributed by atoms with van der Waals surface area (Å²) >= 11 is 5.94. The highest BCUT2D eigenvalue weighted by molar-refractivity contribution is 6.30. The largest absolute Gasteiger partial charge is 0.494 e. The molecule has 1 aromatic carbocycles. The van der Waals surface area contributed by atoms with Gasteiger partial charge in [-0.05, 0) is 86.8 Å². The second-order valence-corrected chi connectivity index (χ2v) is 9.53. The number of pyridine rings is 1. The minimum atomic E-state index is 0.213. The SMILES string of the molecule is Cc1cc(OCCCC2CCN(c3ccc(Cl)cn3)CC2)ccc1C(=O)C[C@@H]1CCOC1. The van der Waals surface area contributed by atoms with Crippen molar-refractivity contribution in [2.75, 3.05) is 37.8 Å². The van der Waals surface area contributed by atoms with E-state index in [0.29, 0.717) is 30.6 Å². The standard InChI is InChI=1S/C26H33ClN2O3/c1-19-15-23(5-6-24(19)25(30)16-21-10-14-31-18-21)32-13-2-3-20-8-11-29(12-9-20)26-7-4-22(27)17-28-26/h4-7,15,17,20-21H,2-3,8-14,16,18H2,1H3/t21-/m0/s1. The zero-order valence-electron chi connectivity index (χ0n) is 18.9. The van der Waals surface area contributed by atoms with Crippen LogP contribution in [0.25, 0.3) is 0 Å². The number of piperidine rings is 1. The number of ketones is 1. The molecule has 6 heteroatoms. The molecule has 2 fully saturated rings. The van der Waals surface area contributed by atoms with Crippen molar-refractivity contribution in [2.24, 2.45) is 11.8 Å². The molecular weight excluding hydrogens is 424 g/mol. The molecule has 0 aliphatic carbocycles. The Labute approximate surface area is 196 Å². The fraction of sp³-hybridized carbons (Fsp3) is 0.538. The first kappa shape index (κ1) is 23.1. The van der Waals surface area contributed by atoms with Crippen LogP contribution < -0.4 is 9.64 Å². The Morgan fingerprint density at radius 1 is 1.19 bits per heavy atom. The molecule has 0 saturated carbocycles. The molecule has 0 amide bonds. The number of anilines is 1. The molecule has 0 spiro atoms. The maximum absolute atomic E-state index is 12.6. The third-order valence-corrected chi connectivity index (χ3v) is 6.90. The normalized spacial score (nSPS) is 19.3. The molecule has 4 rings (SSSR count). The third kappa shape index (κ3) is 6.23. The second kappa shape index (κ2) is 11.2. The van der Waals surface area contributed by atoms with E-state index in [4.69, 9.17) is 21.1 Å². The average Bonchev–Trinajstić information content (AvgIpc) is 3.31. The number of rotatable bonds is 9. The Kier molecular flexibility index (Phi) is 8.04. The number of aromatic nitrogens is 1. The first-order valence-electron chi connectivity index (χ1n) is 11.8. The number of ether oxygens (including phenoxy) is 2. The Hall–Kier alpha value is -2.11. The molecule has 5 nitrogen and oxygen atoms in total. The van der Waals surface area contributed by atoms with E-state index < -0.39 is 0 Å². The maximum Gasteiger partial charge on any atom is 0.163 e. The van der Waals surface area contributed by atoms with Gasteiger partial charge in [0.15, 0.2) is 5.78 Å². The van der Waals surface area contributed by atoms with Crippen molar-refractivity contribution >= 4 is 23.2 Å². The van der Waals surface area contributed by atoms with Crippen LogP contribution in [-0.4, -0.2) is 43.7 Å². The number of nitrogens with zero attached hydrogens (tertiary/aromatic N) is 2. The fourth-order valence-corrected chi connectivity index (χ4v) is 4.83. The molecule has 0 unspecified atom stereocenters. The van der Waals surface area contributed by atoms with Gasteiger partial charge in [0.05, 0.1) is 11.6 Å². The summed E-state index contributed by atoms with van der Waals surface area (Å²) < 4.78 is 11.4. The van der Waals surface area contributed by atoms with E-state index in [9.17, 15) is 4.79 Å². The summed E-state index contributed by atoms with van der Waals surface area (Å²) in [7, 11) is 0. The molecule has 0 radical (unpaired) electrons. The molecule has 2 aromatic rings. The van der Waals surface area contributed by atoms with Crippen molar-refractivity contribution < 1.29 is 14.3 Å². The molecule has 2 aliphatic rings. The van der Waals surface area contributed by atoms with Crippen LogP contribution in [-0.2, 0) is 4.74 Å². The van der Waals surface area contributed by atoms with Gasteiger partial charge in [-0.3, -0.25) is 4.79 Å². The highest BCUT2D eigenvalue weighted by Crippen LogP contribution is 2.26. The zero-order chi connectivity index (χ0) is 22.3. The van der Waals surface area contributed by atoms with E-state index in [2.05, 4.69) is 9.88 Å². The molecule has 0 bridgehead atoms. The first-order chi connectivity index (χ1) is 15.6. The quantitative estimate of drug-likeness (QED) is 0.356. The van der Waals surface area contributed by atoms with Crippen LogP contribution in [0.15, 0.2) is 36.5 Å². The van der Waals surface area contributed by atoms with Crippen molar-refractivity contribution in [3.05, 3.63) is 52.7 Å². The van der Waals surface area contributed by atoms with E-state index in [1.807, 2.05) is 37.3 Å². The molecule has 172 valence electrons. The lowest BCUT2D eigenvalue weighted by molar-refractivity contribution is 0.0952. The van der Waals surface area contributed by atoms with E-state index in [-0.39, 0.29) is 5.78 Å². The summed E-state index contributed by atoms with van der Waals surface area (Å²) in [6.45, 7) is 6.29. The number of benzene rings is 1. The minimum absolute atomic E-state index is 0.213. The van der Waals surface area contributed by atoms with Crippen LogP contribution in [0.1, 0.15) is 54.4 Å². The van der Waals surface area contributed by atoms with Gasteiger partial charge in [0.1, 0.15) is 11.6 Å². The van der Waals surface area contributed by atoms with Crippen molar-refractivity contribution in [3.63, 3.8) is 0 Å². The molecule has 3 heterocycles. The third-order valence-electron chi connectivity index (χ3n) is 6.67. The lowest BCUT2D eigenvalue weighted by atomic mass is 9.92. The number of carbonyl (C=O) groups is 1. The van der Waals surface area contributed by atoms with Gasteiger partial charge in [-0.15, -0.1) is 0 Å². The van der Waals surface area contributed by atoms with Gasteiger partial charge >= 0.3 is 0 Å². The minimum Gasteiger partial charge on any atom is -0.494 e. The van der Waals surface area contributed by atoms with Crippen LogP contribution in [0, 0.1) is 18.8 Å². The summed E-state index contributed by atoms with van der Waals surface area (Å²) in [5.74, 6) is 3.19. The van der Waals surface area contributed by atoms with Crippen molar-refractivity contribution in [3.8, 4) is 5.75 Å². The van der Waals surface area contributed by atoms with Crippen LogP contribution in [0.3, 0.4) is 0 Å². The van der Waals surface area contributed by atoms with E-state index in [1.54, 1.807) is 6.20 Å². The highest BCUT2D eigenvalue weighted by Gasteiger charge is 2.21.